The van der Waals surface area contributed by atoms with Crippen molar-refractivity contribution in [1.82, 2.24) is 5.32 Å². The number of hydrogen-bond acceptors (Lipinski definition) is 5. The van der Waals surface area contributed by atoms with E-state index in [9.17, 15) is 19.8 Å². The summed E-state index contributed by atoms with van der Waals surface area (Å²) in [6.45, 7) is 4.94. The van der Waals surface area contributed by atoms with E-state index in [1.807, 2.05) is 0 Å². The first-order valence-corrected chi connectivity index (χ1v) is 32.7. The van der Waals surface area contributed by atoms with Crippen LogP contribution in [0.25, 0.3) is 0 Å². The zero-order valence-corrected chi connectivity index (χ0v) is 49.1. The van der Waals surface area contributed by atoms with Gasteiger partial charge in [0.15, 0.2) is 0 Å². The molecule has 0 aliphatic heterocycles. The van der Waals surface area contributed by atoms with Gasteiger partial charge in [0, 0.05) is 12.8 Å². The minimum absolute atomic E-state index is 0.00382. The molecule has 0 rings (SSSR count). The summed E-state index contributed by atoms with van der Waals surface area (Å²) in [5.74, 6) is -0.0505. The van der Waals surface area contributed by atoms with Crippen molar-refractivity contribution in [3.05, 3.63) is 36.5 Å². The van der Waals surface area contributed by atoms with Gasteiger partial charge in [-0.3, -0.25) is 9.59 Å². The van der Waals surface area contributed by atoms with Crippen molar-refractivity contribution < 1.29 is 24.5 Å². The summed E-state index contributed by atoms with van der Waals surface area (Å²) in [5, 5.41) is 23.4. The number of amides is 1. The molecule has 2 unspecified atom stereocenters. The first-order valence-electron chi connectivity index (χ1n) is 32.7. The van der Waals surface area contributed by atoms with Crippen molar-refractivity contribution in [3.63, 3.8) is 0 Å². The number of aliphatic hydroxyl groups is 2. The second-order valence-electron chi connectivity index (χ2n) is 22.4. The predicted octanol–water partition coefficient (Wildman–Crippen LogP) is 20.8. The predicted molar refractivity (Wildman–Crippen MR) is 319 cm³/mol. The molecule has 3 N–H and O–H groups in total. The van der Waals surface area contributed by atoms with E-state index >= 15 is 0 Å². The fraction of sp³-hybridized carbons (Fsp3) is 0.881. The Morgan fingerprint density at radius 3 is 1.07 bits per heavy atom. The molecule has 0 bridgehead atoms. The van der Waals surface area contributed by atoms with Gasteiger partial charge in [-0.25, -0.2) is 0 Å². The van der Waals surface area contributed by atoms with E-state index < -0.39 is 12.1 Å². The summed E-state index contributed by atoms with van der Waals surface area (Å²) in [4.78, 5) is 24.6. The van der Waals surface area contributed by atoms with Crippen LogP contribution in [0.3, 0.4) is 0 Å². The van der Waals surface area contributed by atoms with Crippen LogP contribution in [-0.2, 0) is 14.3 Å². The van der Waals surface area contributed by atoms with E-state index in [2.05, 4.69) is 55.6 Å². The molecule has 1 amide bonds. The van der Waals surface area contributed by atoms with Gasteiger partial charge >= 0.3 is 5.97 Å². The second-order valence-corrected chi connectivity index (χ2v) is 22.4. The van der Waals surface area contributed by atoms with Gasteiger partial charge in [0.2, 0.25) is 5.91 Å². The highest BCUT2D eigenvalue weighted by Crippen LogP contribution is 2.18. The van der Waals surface area contributed by atoms with E-state index in [0.29, 0.717) is 25.9 Å². The van der Waals surface area contributed by atoms with E-state index in [1.54, 1.807) is 0 Å². The van der Waals surface area contributed by atoms with Crippen molar-refractivity contribution in [2.75, 3.05) is 13.2 Å². The van der Waals surface area contributed by atoms with Gasteiger partial charge in [-0.2, -0.15) is 0 Å². The Balaban J connectivity index is 3.44. The van der Waals surface area contributed by atoms with Gasteiger partial charge in [0.25, 0.3) is 0 Å². The molecule has 0 aliphatic rings. The third-order valence-electron chi connectivity index (χ3n) is 15.2. The second kappa shape index (κ2) is 62.6. The molecule has 430 valence electrons. The molecule has 0 spiro atoms. The van der Waals surface area contributed by atoms with E-state index in [4.69, 9.17) is 4.74 Å². The number of hydrogen-bond donors (Lipinski definition) is 3. The van der Waals surface area contributed by atoms with Crippen LogP contribution in [0.4, 0.5) is 0 Å². The number of carbonyl (C=O) groups is 2. The lowest BCUT2D eigenvalue weighted by Crippen LogP contribution is -2.45. The molecule has 0 aromatic carbocycles. The van der Waals surface area contributed by atoms with Gasteiger partial charge < -0.3 is 20.3 Å². The van der Waals surface area contributed by atoms with E-state index in [1.165, 1.54) is 257 Å². The minimum atomic E-state index is -0.675. The maximum absolute atomic E-state index is 12.5. The average Bonchev–Trinajstić information content (AvgIpc) is 3.39. The quantitative estimate of drug-likeness (QED) is 0.0320. The highest BCUT2D eigenvalue weighted by molar-refractivity contribution is 5.76. The van der Waals surface area contributed by atoms with Crippen molar-refractivity contribution in [2.24, 2.45) is 0 Å². The van der Waals surface area contributed by atoms with Crippen LogP contribution in [0.2, 0.25) is 0 Å². The van der Waals surface area contributed by atoms with Gasteiger partial charge in [0.1, 0.15) is 0 Å². The third-order valence-corrected chi connectivity index (χ3v) is 15.2. The van der Waals surface area contributed by atoms with Gasteiger partial charge in [-0.1, -0.05) is 294 Å². The molecule has 73 heavy (non-hydrogen) atoms. The number of carbonyl (C=O) groups excluding carboxylic acids is 2. The highest BCUT2D eigenvalue weighted by atomic mass is 16.5. The highest BCUT2D eigenvalue weighted by Gasteiger charge is 2.20. The van der Waals surface area contributed by atoms with Crippen LogP contribution >= 0.6 is 0 Å². The standard InChI is InChI=1S/C67H127NO5/c1-3-5-7-9-11-13-15-17-19-21-23-24-27-31-35-39-43-47-51-55-59-65(70)64(63-69)68-66(71)60-56-52-48-44-40-36-32-28-25-26-30-34-38-42-46-50-54-58-62-73-67(72)61-57-53-49-45-41-37-33-29-22-20-18-16-14-12-10-8-6-4-2/h14,16,20,22,28,32,64-65,69-70H,3-13,15,17-19,21,23-27,29-31,33-63H2,1-2H3,(H,68,71)/b16-14-,22-20-,32-28-. The van der Waals surface area contributed by atoms with E-state index in [0.717, 1.165) is 64.2 Å². The maximum Gasteiger partial charge on any atom is 0.305 e. The Morgan fingerprint density at radius 1 is 0.384 bits per heavy atom. The molecule has 6 heteroatoms. The zero-order chi connectivity index (χ0) is 52.9. The van der Waals surface area contributed by atoms with Crippen LogP contribution in [0, 0.1) is 0 Å². The lowest BCUT2D eigenvalue weighted by Gasteiger charge is -2.22. The van der Waals surface area contributed by atoms with Crippen LogP contribution < -0.4 is 5.32 Å². The minimum Gasteiger partial charge on any atom is -0.466 e. The summed E-state index contributed by atoms with van der Waals surface area (Å²) in [6.07, 6.45) is 78.7. The zero-order valence-electron chi connectivity index (χ0n) is 49.1. The lowest BCUT2D eigenvalue weighted by molar-refractivity contribution is -0.143. The maximum atomic E-state index is 12.5. The van der Waals surface area contributed by atoms with Gasteiger partial charge in [-0.05, 0) is 83.5 Å². The van der Waals surface area contributed by atoms with Crippen LogP contribution in [0.1, 0.15) is 354 Å². The van der Waals surface area contributed by atoms with Crippen LogP contribution in [-0.4, -0.2) is 47.4 Å². The number of ether oxygens (including phenoxy) is 1. The Hall–Kier alpha value is -1.92. The molecule has 0 saturated heterocycles. The number of unbranched alkanes of at least 4 members (excludes halogenated alkanes) is 44. The number of esters is 1. The van der Waals surface area contributed by atoms with Crippen LogP contribution in [0.15, 0.2) is 36.5 Å². The number of rotatable bonds is 61. The molecule has 0 fully saturated rings. The summed E-state index contributed by atoms with van der Waals surface area (Å²) in [5.41, 5.74) is 0. The molecule has 6 nitrogen and oxygen atoms in total. The molecule has 0 saturated carbocycles. The van der Waals surface area contributed by atoms with Crippen molar-refractivity contribution in [3.8, 4) is 0 Å². The summed E-state index contributed by atoms with van der Waals surface area (Å²) >= 11 is 0. The molecular weight excluding hydrogens is 899 g/mol. The Morgan fingerprint density at radius 2 is 0.685 bits per heavy atom. The normalized spacial score (nSPS) is 12.8. The molecular formula is C67H127NO5. The lowest BCUT2D eigenvalue weighted by atomic mass is 10.0. The largest absolute Gasteiger partial charge is 0.466 e. The first kappa shape index (κ1) is 71.1. The fourth-order valence-electron chi connectivity index (χ4n) is 10.1. The number of aliphatic hydroxyl groups excluding tert-OH is 2. The number of nitrogens with one attached hydrogen (secondary N) is 1. The van der Waals surface area contributed by atoms with Crippen molar-refractivity contribution >= 4 is 11.9 Å². The first-order chi connectivity index (χ1) is 36.0. The van der Waals surface area contributed by atoms with Crippen LogP contribution in [0.5, 0.6) is 0 Å². The van der Waals surface area contributed by atoms with Gasteiger partial charge in [-0.15, -0.1) is 0 Å². The van der Waals surface area contributed by atoms with E-state index in [-0.39, 0.29) is 18.5 Å². The fourth-order valence-corrected chi connectivity index (χ4v) is 10.1. The summed E-state index contributed by atoms with van der Waals surface area (Å²) in [6, 6.07) is -0.553. The molecule has 0 aromatic rings. The molecule has 0 radical (unpaired) electrons. The van der Waals surface area contributed by atoms with Crippen molar-refractivity contribution in [1.29, 1.82) is 0 Å². The summed E-state index contributed by atoms with van der Waals surface area (Å²) in [7, 11) is 0. The Bertz CT molecular complexity index is 1180. The molecule has 0 aliphatic carbocycles. The Kier molecular flexibility index (Phi) is 61.0. The van der Waals surface area contributed by atoms with Crippen molar-refractivity contribution in [2.45, 2.75) is 366 Å². The topological polar surface area (TPSA) is 95.9 Å². The Labute approximate surface area is 455 Å². The number of allylic oxidation sites excluding steroid dienone is 6. The third kappa shape index (κ3) is 59.2. The monoisotopic (exact) mass is 1030 g/mol. The molecule has 0 aromatic heterocycles. The molecule has 2 atom stereocenters. The van der Waals surface area contributed by atoms with Gasteiger partial charge in [0.05, 0.1) is 25.4 Å². The average molecular weight is 1030 g/mol. The molecule has 0 heterocycles. The summed E-state index contributed by atoms with van der Waals surface area (Å²) < 4.78 is 5.49. The SMILES string of the molecule is CCCCCC/C=C\C/C=C\CCCCCCCCCC(=O)OCCCCCCCCCCC/C=C\CCCCCCCC(=O)NC(CO)C(O)CCCCCCCCCCCCCCCCCCCCCC. The smallest absolute Gasteiger partial charge is 0.305 e.